The number of anilines is 1. The van der Waals surface area contributed by atoms with Crippen molar-refractivity contribution < 1.29 is 4.79 Å². The van der Waals surface area contributed by atoms with Crippen LogP contribution in [0.2, 0.25) is 0 Å². The Morgan fingerprint density at radius 3 is 2.84 bits per heavy atom. The maximum atomic E-state index is 11.8. The Labute approximate surface area is 110 Å². The molecule has 8 heteroatoms. The van der Waals surface area contributed by atoms with Crippen LogP contribution in [0.5, 0.6) is 0 Å². The Hall–Kier alpha value is -2.48. The first-order chi connectivity index (χ1) is 9.19. The third kappa shape index (κ3) is 3.49. The van der Waals surface area contributed by atoms with Crippen LogP contribution in [-0.2, 0) is 13.5 Å². The third-order valence-corrected chi connectivity index (χ3v) is 2.50. The molecule has 2 aromatic heterocycles. The van der Waals surface area contributed by atoms with Crippen molar-refractivity contribution in [2.75, 3.05) is 12.0 Å². The number of aryl methyl sites for hydroxylation is 1. The Kier molecular flexibility index (Phi) is 4.04. The van der Waals surface area contributed by atoms with E-state index in [-0.39, 0.29) is 11.6 Å². The Balaban J connectivity index is 1.83. The highest BCUT2D eigenvalue weighted by molar-refractivity contribution is 5.92. The maximum Gasteiger partial charge on any atom is 0.271 e. The summed E-state index contributed by atoms with van der Waals surface area (Å²) in [5, 5.41) is 14.3. The van der Waals surface area contributed by atoms with Gasteiger partial charge in [-0.05, 0) is 24.1 Å². The van der Waals surface area contributed by atoms with Crippen LogP contribution in [-0.4, -0.2) is 32.4 Å². The van der Waals surface area contributed by atoms with Crippen LogP contribution >= 0.6 is 0 Å². The van der Waals surface area contributed by atoms with Crippen LogP contribution in [0, 0.1) is 0 Å². The molecule has 1 amide bonds. The lowest BCUT2D eigenvalue weighted by atomic mass is 10.2. The van der Waals surface area contributed by atoms with Gasteiger partial charge in [0, 0.05) is 19.8 Å². The number of carbonyl (C=O) groups excluding carboxylic acids is 1. The van der Waals surface area contributed by atoms with Crippen molar-refractivity contribution in [3.05, 3.63) is 35.8 Å². The van der Waals surface area contributed by atoms with Crippen LogP contribution in [0.3, 0.4) is 0 Å². The summed E-state index contributed by atoms with van der Waals surface area (Å²) in [6.07, 6.45) is 4.40. The maximum absolute atomic E-state index is 11.8. The number of carbonyl (C=O) groups is 1. The molecular formula is C11H15N7O. The normalized spacial score (nSPS) is 10.2. The van der Waals surface area contributed by atoms with Crippen LogP contribution < -0.4 is 16.6 Å². The van der Waals surface area contributed by atoms with E-state index in [1.807, 2.05) is 13.2 Å². The summed E-state index contributed by atoms with van der Waals surface area (Å²) in [6.45, 7) is 0.517. The number of amides is 1. The predicted molar refractivity (Wildman–Crippen MR) is 69.1 cm³/mol. The lowest BCUT2D eigenvalue weighted by Crippen LogP contribution is -2.26. The molecule has 0 fully saturated rings. The molecule has 4 N–H and O–H groups in total. The molecule has 2 rings (SSSR count). The van der Waals surface area contributed by atoms with E-state index in [9.17, 15) is 4.79 Å². The van der Waals surface area contributed by atoms with Gasteiger partial charge in [-0.15, -0.1) is 10.2 Å². The average Bonchev–Trinajstić information content (AvgIpc) is 2.84. The smallest absolute Gasteiger partial charge is 0.271 e. The molecule has 0 unspecified atom stereocenters. The highest BCUT2D eigenvalue weighted by Crippen LogP contribution is 2.00. The summed E-state index contributed by atoms with van der Waals surface area (Å²) >= 11 is 0. The molecule has 0 atom stereocenters. The van der Waals surface area contributed by atoms with Crippen molar-refractivity contribution in [2.24, 2.45) is 12.9 Å². The summed E-state index contributed by atoms with van der Waals surface area (Å²) in [7, 11) is 1.85. The first-order valence-electron chi connectivity index (χ1n) is 5.75. The van der Waals surface area contributed by atoms with Gasteiger partial charge in [-0.2, -0.15) is 5.10 Å². The van der Waals surface area contributed by atoms with Gasteiger partial charge in [0.15, 0.2) is 11.5 Å². The average molecular weight is 261 g/mol. The van der Waals surface area contributed by atoms with E-state index in [2.05, 4.69) is 26.0 Å². The Morgan fingerprint density at radius 1 is 1.42 bits per heavy atom. The van der Waals surface area contributed by atoms with Crippen LogP contribution in [0.1, 0.15) is 16.1 Å². The number of hydrogen-bond acceptors (Lipinski definition) is 6. The van der Waals surface area contributed by atoms with E-state index >= 15 is 0 Å². The van der Waals surface area contributed by atoms with Crippen molar-refractivity contribution in [2.45, 2.75) is 6.42 Å². The fourth-order valence-electron chi connectivity index (χ4n) is 1.54. The predicted octanol–water partition coefficient (Wildman–Crippen LogP) is -0.532. The summed E-state index contributed by atoms with van der Waals surface area (Å²) < 4.78 is 1.72. The van der Waals surface area contributed by atoms with Crippen LogP contribution in [0.15, 0.2) is 24.5 Å². The second kappa shape index (κ2) is 5.91. The SMILES string of the molecule is Cn1cc(CCNC(=O)c2ccc(NN)nn2)cn1. The first kappa shape index (κ1) is 13.0. The molecule has 0 spiro atoms. The zero-order chi connectivity index (χ0) is 13.7. The molecule has 0 aromatic carbocycles. The molecule has 100 valence electrons. The number of nitrogen functional groups attached to an aromatic ring is 1. The second-order valence-corrected chi connectivity index (χ2v) is 3.98. The van der Waals surface area contributed by atoms with Gasteiger partial charge in [0.05, 0.1) is 6.20 Å². The molecule has 8 nitrogen and oxygen atoms in total. The van der Waals surface area contributed by atoms with Crippen molar-refractivity contribution in [1.29, 1.82) is 0 Å². The zero-order valence-electron chi connectivity index (χ0n) is 10.5. The largest absolute Gasteiger partial charge is 0.350 e. The minimum atomic E-state index is -0.264. The Morgan fingerprint density at radius 2 is 2.26 bits per heavy atom. The van der Waals surface area contributed by atoms with Gasteiger partial charge in [-0.3, -0.25) is 9.48 Å². The summed E-state index contributed by atoms with van der Waals surface area (Å²) in [4.78, 5) is 11.8. The molecule has 2 heterocycles. The second-order valence-electron chi connectivity index (χ2n) is 3.98. The third-order valence-electron chi connectivity index (χ3n) is 2.50. The molecule has 0 saturated heterocycles. The molecule has 0 radical (unpaired) electrons. The topological polar surface area (TPSA) is 111 Å². The van der Waals surface area contributed by atoms with E-state index in [0.29, 0.717) is 12.4 Å². The molecule has 0 aliphatic rings. The van der Waals surface area contributed by atoms with E-state index in [4.69, 9.17) is 5.84 Å². The molecule has 0 saturated carbocycles. The van der Waals surface area contributed by atoms with Gasteiger partial charge in [0.2, 0.25) is 0 Å². The summed E-state index contributed by atoms with van der Waals surface area (Å²) in [6, 6.07) is 3.14. The number of hydrazine groups is 1. The van der Waals surface area contributed by atoms with Crippen molar-refractivity contribution in [3.63, 3.8) is 0 Å². The van der Waals surface area contributed by atoms with Gasteiger partial charge in [0.25, 0.3) is 5.91 Å². The van der Waals surface area contributed by atoms with Crippen LogP contribution in [0.4, 0.5) is 5.82 Å². The lowest BCUT2D eigenvalue weighted by Gasteiger charge is -2.03. The number of rotatable bonds is 5. The van der Waals surface area contributed by atoms with Gasteiger partial charge >= 0.3 is 0 Å². The van der Waals surface area contributed by atoms with Crippen molar-refractivity contribution in [1.82, 2.24) is 25.3 Å². The first-order valence-corrected chi connectivity index (χ1v) is 5.75. The molecular weight excluding hydrogens is 246 g/mol. The molecule has 0 aliphatic carbocycles. The lowest BCUT2D eigenvalue weighted by molar-refractivity contribution is 0.0948. The van der Waals surface area contributed by atoms with Crippen molar-refractivity contribution >= 4 is 11.7 Å². The highest BCUT2D eigenvalue weighted by Gasteiger charge is 2.07. The quantitative estimate of drug-likeness (QED) is 0.493. The minimum Gasteiger partial charge on any atom is -0.350 e. The number of nitrogens with one attached hydrogen (secondary N) is 2. The fourth-order valence-corrected chi connectivity index (χ4v) is 1.54. The van der Waals surface area contributed by atoms with E-state index in [1.165, 1.54) is 0 Å². The Bertz CT molecular complexity index is 548. The standard InChI is InChI=1S/C11H15N7O/c1-18-7-8(6-14-18)4-5-13-11(19)9-2-3-10(15-12)17-16-9/h2-3,6-7H,4-5,12H2,1H3,(H,13,19)(H,15,17). The number of nitrogens with two attached hydrogens (primary N) is 1. The van der Waals surface area contributed by atoms with E-state index in [0.717, 1.165) is 12.0 Å². The van der Waals surface area contributed by atoms with Crippen LogP contribution in [0.25, 0.3) is 0 Å². The molecule has 0 aliphatic heterocycles. The summed E-state index contributed by atoms with van der Waals surface area (Å²) in [5.74, 6) is 5.31. The molecule has 0 bridgehead atoms. The van der Waals surface area contributed by atoms with E-state index < -0.39 is 0 Å². The fraction of sp³-hybridized carbons (Fsp3) is 0.273. The number of aromatic nitrogens is 4. The minimum absolute atomic E-state index is 0.255. The summed E-state index contributed by atoms with van der Waals surface area (Å²) in [5.41, 5.74) is 3.67. The monoisotopic (exact) mass is 261 g/mol. The van der Waals surface area contributed by atoms with Gasteiger partial charge in [0.1, 0.15) is 0 Å². The van der Waals surface area contributed by atoms with Gasteiger partial charge in [-0.1, -0.05) is 0 Å². The highest BCUT2D eigenvalue weighted by atomic mass is 16.1. The zero-order valence-corrected chi connectivity index (χ0v) is 10.5. The van der Waals surface area contributed by atoms with Gasteiger partial charge in [-0.25, -0.2) is 5.84 Å². The van der Waals surface area contributed by atoms with Gasteiger partial charge < -0.3 is 10.7 Å². The van der Waals surface area contributed by atoms with E-state index in [1.54, 1.807) is 23.0 Å². The molecule has 2 aromatic rings. The molecule has 19 heavy (non-hydrogen) atoms. The van der Waals surface area contributed by atoms with Crippen molar-refractivity contribution in [3.8, 4) is 0 Å². The number of nitrogens with zero attached hydrogens (tertiary/aromatic N) is 4. The number of hydrogen-bond donors (Lipinski definition) is 3.